The number of allylic oxidation sites excluding steroid dienone is 1. The van der Waals surface area contributed by atoms with Crippen LogP contribution in [0, 0.1) is 6.92 Å². The van der Waals surface area contributed by atoms with Crippen molar-refractivity contribution in [3.05, 3.63) is 215 Å². The minimum absolute atomic E-state index is 0.000313. The van der Waals surface area contributed by atoms with E-state index in [0.29, 0.717) is 0 Å². The van der Waals surface area contributed by atoms with Crippen LogP contribution in [0.15, 0.2) is 170 Å². The molecule has 0 spiro atoms. The lowest BCUT2D eigenvalue weighted by molar-refractivity contribution is 0.410. The van der Waals surface area contributed by atoms with Gasteiger partial charge in [-0.2, -0.15) is 0 Å². The van der Waals surface area contributed by atoms with Crippen molar-refractivity contribution >= 4 is 33.8 Å². The summed E-state index contributed by atoms with van der Waals surface area (Å²) in [6.45, 7) is 13.3. The summed E-state index contributed by atoms with van der Waals surface area (Å²) in [7, 11) is 1.94. The fourth-order valence-corrected chi connectivity index (χ4v) is 7.99. The van der Waals surface area contributed by atoms with Gasteiger partial charge in [0.2, 0.25) is 0 Å². The molecule has 0 saturated carbocycles. The maximum Gasteiger partial charge on any atom is 0.0847 e. The quantitative estimate of drug-likeness (QED) is 0.106. The highest BCUT2D eigenvalue weighted by molar-refractivity contribution is 6.03. The third kappa shape index (κ3) is 7.87. The van der Waals surface area contributed by atoms with Gasteiger partial charge in [0.1, 0.15) is 0 Å². The number of rotatable bonds is 10. The van der Waals surface area contributed by atoms with E-state index in [1.54, 1.807) is 0 Å². The zero-order chi connectivity index (χ0) is 39.2. The van der Waals surface area contributed by atoms with Crippen molar-refractivity contribution in [3.8, 4) is 11.1 Å². The van der Waals surface area contributed by atoms with Crippen molar-refractivity contribution < 1.29 is 0 Å². The predicted octanol–water partition coefficient (Wildman–Crippen LogP) is 12.4. The molecule has 5 N–H and O–H groups in total. The Morgan fingerprint density at radius 1 is 0.696 bits per heavy atom. The molecule has 0 amide bonds. The zero-order valence-electron chi connectivity index (χ0n) is 33.1. The first-order valence-electron chi connectivity index (χ1n) is 19.4. The van der Waals surface area contributed by atoms with Crippen LogP contribution >= 0.6 is 0 Å². The highest BCUT2D eigenvalue weighted by Gasteiger charge is 2.35. The van der Waals surface area contributed by atoms with E-state index in [1.165, 1.54) is 49.7 Å². The number of hydrogen-bond acceptors (Lipinski definition) is 4. The van der Waals surface area contributed by atoms with Gasteiger partial charge in [-0.25, -0.2) is 0 Å². The van der Waals surface area contributed by atoms with Crippen LogP contribution in [0.3, 0.4) is 0 Å². The molecule has 0 bridgehead atoms. The molecule has 0 aliphatic heterocycles. The van der Waals surface area contributed by atoms with E-state index in [4.69, 9.17) is 5.73 Å². The fourth-order valence-electron chi connectivity index (χ4n) is 7.99. The second-order valence-corrected chi connectivity index (χ2v) is 15.0. The van der Waals surface area contributed by atoms with Crippen LogP contribution in [-0.4, -0.2) is 7.05 Å². The van der Waals surface area contributed by atoms with Crippen LogP contribution < -0.4 is 21.7 Å². The van der Waals surface area contributed by atoms with Crippen LogP contribution in [-0.2, 0) is 5.41 Å². The average molecular weight is 733 g/mol. The molecule has 1 aliphatic rings. The lowest BCUT2D eigenvalue weighted by Gasteiger charge is -2.26. The highest BCUT2D eigenvalue weighted by Crippen LogP contribution is 2.49. The molecule has 0 saturated heterocycles. The lowest BCUT2D eigenvalue weighted by atomic mass is 9.82. The van der Waals surface area contributed by atoms with Gasteiger partial charge in [0.05, 0.1) is 12.3 Å². The Kier molecular flexibility index (Phi) is 11.4. The van der Waals surface area contributed by atoms with Gasteiger partial charge in [-0.15, -0.1) is 0 Å². The molecular formula is C52H52N4. The second-order valence-electron chi connectivity index (χ2n) is 15.0. The molecule has 4 heteroatoms. The summed E-state index contributed by atoms with van der Waals surface area (Å²) in [5.41, 5.74) is 22.1. The van der Waals surface area contributed by atoms with Crippen LogP contribution in [0.25, 0.3) is 33.5 Å². The smallest absolute Gasteiger partial charge is 0.0847 e. The van der Waals surface area contributed by atoms with Gasteiger partial charge in [0.15, 0.2) is 0 Å². The van der Waals surface area contributed by atoms with Crippen LogP contribution in [0.4, 0.5) is 11.4 Å². The first-order valence-corrected chi connectivity index (χ1v) is 19.4. The van der Waals surface area contributed by atoms with E-state index in [1.807, 2.05) is 32.2 Å². The molecule has 280 valence electrons. The van der Waals surface area contributed by atoms with E-state index in [9.17, 15) is 0 Å². The first-order chi connectivity index (χ1) is 27.2. The second kappa shape index (κ2) is 16.8. The van der Waals surface area contributed by atoms with Crippen molar-refractivity contribution in [1.82, 2.24) is 10.6 Å². The molecule has 0 aromatic heterocycles. The summed E-state index contributed by atoms with van der Waals surface area (Å²) >= 11 is 0. The Morgan fingerprint density at radius 2 is 1.41 bits per heavy atom. The maximum atomic E-state index is 6.55. The summed E-state index contributed by atoms with van der Waals surface area (Å²) in [5, 5.41) is 12.9. The fraction of sp³-hybridized carbons (Fsp3) is 0.154. The summed E-state index contributed by atoms with van der Waals surface area (Å²) in [6.07, 6.45) is 3.95. The SMILES string of the molecule is C=C(c1ccccc1/C=C\C)c1c(Nc2cccc(C)c2)ccc2ccccc12.CNC(NC(N)c1ccc2c(c1)C(C)(C)c1ccccc1-2)c1ccccc1. The third-order valence-electron chi connectivity index (χ3n) is 10.9. The van der Waals surface area contributed by atoms with Gasteiger partial charge in [-0.05, 0) is 106 Å². The molecule has 2 unspecified atom stereocenters. The molecule has 7 aromatic carbocycles. The molecular weight excluding hydrogens is 681 g/mol. The topological polar surface area (TPSA) is 62.1 Å². The van der Waals surface area contributed by atoms with Crippen LogP contribution in [0.5, 0.6) is 0 Å². The number of hydrogen-bond donors (Lipinski definition) is 4. The van der Waals surface area contributed by atoms with Gasteiger partial charge >= 0.3 is 0 Å². The number of aryl methyl sites for hydroxylation is 1. The Bertz CT molecular complexity index is 2510. The molecule has 8 rings (SSSR count). The zero-order valence-corrected chi connectivity index (χ0v) is 33.1. The number of nitrogens with two attached hydrogens (primary N) is 1. The van der Waals surface area contributed by atoms with Gasteiger partial charge in [0, 0.05) is 22.4 Å². The lowest BCUT2D eigenvalue weighted by Crippen LogP contribution is -2.38. The molecule has 56 heavy (non-hydrogen) atoms. The first kappa shape index (κ1) is 38.2. The van der Waals surface area contributed by atoms with Crippen molar-refractivity contribution in [2.24, 2.45) is 5.73 Å². The molecule has 4 nitrogen and oxygen atoms in total. The number of benzene rings is 7. The molecule has 1 aliphatic carbocycles. The number of anilines is 2. The normalized spacial score (nSPS) is 13.7. The summed E-state index contributed by atoms with van der Waals surface area (Å²) < 4.78 is 0. The third-order valence-corrected chi connectivity index (χ3v) is 10.9. The molecule has 7 aromatic rings. The van der Waals surface area contributed by atoms with E-state index in [0.717, 1.165) is 33.6 Å². The van der Waals surface area contributed by atoms with E-state index in [2.05, 4.69) is 195 Å². The van der Waals surface area contributed by atoms with Gasteiger partial charge in [0.25, 0.3) is 0 Å². The van der Waals surface area contributed by atoms with Crippen molar-refractivity contribution in [3.63, 3.8) is 0 Å². The number of fused-ring (bicyclic) bond motifs is 4. The molecule has 0 heterocycles. The van der Waals surface area contributed by atoms with Crippen LogP contribution in [0.2, 0.25) is 0 Å². The summed E-state index contributed by atoms with van der Waals surface area (Å²) in [6, 6.07) is 55.3. The van der Waals surface area contributed by atoms with Crippen molar-refractivity contribution in [1.29, 1.82) is 0 Å². The maximum absolute atomic E-state index is 6.55. The highest BCUT2D eigenvalue weighted by atomic mass is 15.2. The van der Waals surface area contributed by atoms with E-state index in [-0.39, 0.29) is 17.7 Å². The largest absolute Gasteiger partial charge is 0.355 e. The van der Waals surface area contributed by atoms with E-state index >= 15 is 0 Å². The monoisotopic (exact) mass is 732 g/mol. The Balaban J connectivity index is 0.000000172. The van der Waals surface area contributed by atoms with Crippen molar-refractivity contribution in [2.45, 2.75) is 45.4 Å². The molecule has 2 atom stereocenters. The summed E-state index contributed by atoms with van der Waals surface area (Å²) in [5.74, 6) is 0. The van der Waals surface area contributed by atoms with Crippen LogP contribution in [0.1, 0.15) is 77.6 Å². The molecule has 0 fully saturated rings. The van der Waals surface area contributed by atoms with Crippen molar-refractivity contribution in [2.75, 3.05) is 12.4 Å². The van der Waals surface area contributed by atoms with E-state index < -0.39 is 0 Å². The molecule has 0 radical (unpaired) electrons. The average Bonchev–Trinajstić information content (AvgIpc) is 3.45. The standard InChI is InChI=1S/C28H25N.C24H27N3/c1-4-10-22-12-5-7-15-25(22)21(3)28-26-16-8-6-13-23(26)17-18-27(28)29-24-14-9-11-20(2)19-24;1-24(2)20-12-8-7-11-18(20)19-14-13-17(15-21(19)24)22(25)27-23(26-3)16-9-5-4-6-10-16/h4-19,29H,3H2,1-2H3;4-15,22-23,26-27H,25H2,1-3H3/b10-4-;. The Morgan fingerprint density at radius 3 is 2.20 bits per heavy atom. The van der Waals surface area contributed by atoms with Gasteiger partial charge in [-0.3, -0.25) is 5.32 Å². The van der Waals surface area contributed by atoms with Gasteiger partial charge < -0.3 is 16.4 Å². The minimum atomic E-state index is -0.257. The number of nitrogens with one attached hydrogen (secondary N) is 3. The minimum Gasteiger partial charge on any atom is -0.355 e. The Labute approximate surface area is 332 Å². The Hall–Kier alpha value is -6.04. The van der Waals surface area contributed by atoms with Gasteiger partial charge in [-0.1, -0.05) is 172 Å². The summed E-state index contributed by atoms with van der Waals surface area (Å²) in [4.78, 5) is 0. The predicted molar refractivity (Wildman–Crippen MR) is 240 cm³/mol.